The molecular weight excluding hydrogens is 529 g/mol. The second kappa shape index (κ2) is 12.9. The number of carbonyl (C=O) groups is 2. The van der Waals surface area contributed by atoms with Crippen LogP contribution >= 0.6 is 23.2 Å². The Balaban J connectivity index is 1.72. The van der Waals surface area contributed by atoms with Gasteiger partial charge in [-0.2, -0.15) is 0 Å². The van der Waals surface area contributed by atoms with Gasteiger partial charge in [0.05, 0.1) is 16.7 Å². The molecule has 1 heterocycles. The lowest BCUT2D eigenvalue weighted by Crippen LogP contribution is -2.64. The second-order valence-electron chi connectivity index (χ2n) is 8.61. The molecule has 12 heteroatoms. The van der Waals surface area contributed by atoms with E-state index in [0.29, 0.717) is 12.0 Å². The van der Waals surface area contributed by atoms with Gasteiger partial charge < -0.3 is 40.0 Å². The minimum absolute atomic E-state index is 0.0445. The molecule has 1 amide bonds. The van der Waals surface area contributed by atoms with E-state index in [9.17, 15) is 24.9 Å². The maximum absolute atomic E-state index is 13.1. The molecule has 37 heavy (non-hydrogen) atoms. The summed E-state index contributed by atoms with van der Waals surface area (Å²) in [5, 5.41) is 41.6. The molecule has 0 bridgehead atoms. The van der Waals surface area contributed by atoms with E-state index in [1.54, 1.807) is 6.92 Å². The van der Waals surface area contributed by atoms with Crippen LogP contribution in [0, 0.1) is 6.92 Å². The van der Waals surface area contributed by atoms with Crippen LogP contribution in [-0.4, -0.2) is 76.7 Å². The summed E-state index contributed by atoms with van der Waals surface area (Å²) < 4.78 is 16.4. The third-order valence-corrected chi connectivity index (χ3v) is 6.85. The molecule has 0 saturated carbocycles. The largest absolute Gasteiger partial charge is 0.486 e. The third kappa shape index (κ3) is 6.91. The van der Waals surface area contributed by atoms with Gasteiger partial charge >= 0.3 is 5.97 Å². The second-order valence-corrected chi connectivity index (χ2v) is 9.40. The first-order chi connectivity index (χ1) is 17.6. The van der Waals surface area contributed by atoms with Gasteiger partial charge in [0.2, 0.25) is 0 Å². The lowest BCUT2D eigenvalue weighted by atomic mass is 9.96. The van der Waals surface area contributed by atoms with Gasteiger partial charge in [0.15, 0.2) is 12.0 Å². The summed E-state index contributed by atoms with van der Waals surface area (Å²) in [6.07, 6.45) is -4.64. The number of hydrogen-bond donors (Lipinski definition) is 5. The van der Waals surface area contributed by atoms with Gasteiger partial charge in [0.25, 0.3) is 5.91 Å². The van der Waals surface area contributed by atoms with Crippen molar-refractivity contribution in [1.82, 2.24) is 5.32 Å². The number of aliphatic hydroxyl groups excluding tert-OH is 3. The predicted octanol–water partition coefficient (Wildman–Crippen LogP) is 2.08. The number of aliphatic hydroxyl groups is 3. The van der Waals surface area contributed by atoms with Gasteiger partial charge in [0, 0.05) is 19.1 Å². The number of carboxylic acid groups (broad SMARTS) is 1. The summed E-state index contributed by atoms with van der Waals surface area (Å²) in [7, 11) is 1.30. The third-order valence-electron chi connectivity index (χ3n) is 6.11. The number of amides is 1. The van der Waals surface area contributed by atoms with Crippen LogP contribution in [0.25, 0.3) is 0 Å². The Labute approximate surface area is 223 Å². The summed E-state index contributed by atoms with van der Waals surface area (Å²) in [6, 6.07) is 7.51. The molecular formula is C25H29Cl2NO9. The molecule has 1 aliphatic rings. The molecule has 202 valence electrons. The van der Waals surface area contributed by atoms with Crippen LogP contribution in [0.3, 0.4) is 0 Å². The maximum atomic E-state index is 13.1. The molecule has 0 aromatic heterocycles. The Morgan fingerprint density at radius 3 is 2.35 bits per heavy atom. The molecule has 5 atom stereocenters. The van der Waals surface area contributed by atoms with Crippen molar-refractivity contribution in [2.75, 3.05) is 13.7 Å². The quantitative estimate of drug-likeness (QED) is 0.295. The summed E-state index contributed by atoms with van der Waals surface area (Å²) >= 11 is 12.9. The lowest BCUT2D eigenvalue weighted by Gasteiger charge is -2.41. The van der Waals surface area contributed by atoms with Crippen molar-refractivity contribution in [3.05, 3.63) is 62.6 Å². The summed E-state index contributed by atoms with van der Waals surface area (Å²) in [4.78, 5) is 23.8. The Morgan fingerprint density at radius 1 is 1.11 bits per heavy atom. The molecule has 0 spiro atoms. The van der Waals surface area contributed by atoms with Gasteiger partial charge in [-0.3, -0.25) is 9.59 Å². The van der Waals surface area contributed by atoms with Crippen molar-refractivity contribution in [2.45, 2.75) is 57.0 Å². The van der Waals surface area contributed by atoms with Crippen molar-refractivity contribution in [2.24, 2.45) is 0 Å². The number of methoxy groups -OCH3 is 1. The van der Waals surface area contributed by atoms with Gasteiger partial charge in [0.1, 0.15) is 31.0 Å². The summed E-state index contributed by atoms with van der Waals surface area (Å²) in [6.45, 7) is 1.20. The Bertz CT molecular complexity index is 1110. The van der Waals surface area contributed by atoms with Crippen LogP contribution in [0.5, 0.6) is 5.75 Å². The van der Waals surface area contributed by atoms with E-state index in [0.717, 1.165) is 11.1 Å². The fraction of sp³-hybridized carbons (Fsp3) is 0.440. The smallest absolute Gasteiger partial charge is 0.303 e. The highest BCUT2D eigenvalue weighted by Crippen LogP contribution is 2.38. The van der Waals surface area contributed by atoms with Crippen molar-refractivity contribution in [1.29, 1.82) is 0 Å². The van der Waals surface area contributed by atoms with Crippen LogP contribution in [0.1, 0.15) is 33.5 Å². The molecule has 0 aliphatic carbocycles. The number of rotatable bonds is 10. The number of aliphatic carboxylic acids is 1. The number of benzene rings is 2. The fourth-order valence-corrected chi connectivity index (χ4v) is 4.50. The topological polar surface area (TPSA) is 155 Å². The van der Waals surface area contributed by atoms with Crippen molar-refractivity contribution < 1.29 is 44.2 Å². The normalized spacial score (nSPS) is 23.5. The average Bonchev–Trinajstić information content (AvgIpc) is 2.88. The van der Waals surface area contributed by atoms with Crippen LogP contribution in [0.15, 0.2) is 30.3 Å². The molecule has 5 N–H and O–H groups in total. The molecule has 1 fully saturated rings. The van der Waals surface area contributed by atoms with E-state index in [2.05, 4.69) is 5.32 Å². The Morgan fingerprint density at radius 2 is 1.76 bits per heavy atom. The highest BCUT2D eigenvalue weighted by molar-refractivity contribution is 6.38. The van der Waals surface area contributed by atoms with E-state index in [1.807, 2.05) is 24.3 Å². The molecule has 2 aromatic rings. The van der Waals surface area contributed by atoms with Crippen molar-refractivity contribution in [3.8, 4) is 5.75 Å². The van der Waals surface area contributed by atoms with Crippen LogP contribution in [0.4, 0.5) is 0 Å². The predicted molar refractivity (Wildman–Crippen MR) is 134 cm³/mol. The first kappa shape index (κ1) is 29.1. The van der Waals surface area contributed by atoms with Crippen molar-refractivity contribution >= 4 is 35.1 Å². The number of nitrogens with one attached hydrogen (secondary N) is 1. The first-order valence-corrected chi connectivity index (χ1v) is 12.2. The van der Waals surface area contributed by atoms with E-state index >= 15 is 0 Å². The van der Waals surface area contributed by atoms with Gasteiger partial charge in [-0.25, -0.2) is 0 Å². The Hall–Kier alpha value is -2.44. The zero-order valence-electron chi connectivity index (χ0n) is 20.2. The van der Waals surface area contributed by atoms with Crippen molar-refractivity contribution in [3.63, 3.8) is 0 Å². The molecule has 0 unspecified atom stereocenters. The van der Waals surface area contributed by atoms with Crippen LogP contribution in [-0.2, 0) is 27.3 Å². The van der Waals surface area contributed by atoms with Gasteiger partial charge in [-0.05, 0) is 36.1 Å². The van der Waals surface area contributed by atoms with E-state index in [-0.39, 0.29) is 34.4 Å². The van der Waals surface area contributed by atoms with Gasteiger partial charge in [-0.15, -0.1) is 0 Å². The summed E-state index contributed by atoms with van der Waals surface area (Å²) in [5.74, 6) is -1.32. The Kier molecular flexibility index (Phi) is 10.1. The van der Waals surface area contributed by atoms with Crippen LogP contribution < -0.4 is 10.1 Å². The zero-order valence-corrected chi connectivity index (χ0v) is 21.7. The minimum atomic E-state index is -1.47. The zero-order chi connectivity index (χ0) is 27.3. The first-order valence-electron chi connectivity index (χ1n) is 11.4. The number of halogens is 2. The number of carboxylic acids is 1. The lowest BCUT2D eigenvalue weighted by molar-refractivity contribution is -0.261. The monoisotopic (exact) mass is 557 g/mol. The molecule has 1 aliphatic heterocycles. The van der Waals surface area contributed by atoms with E-state index < -0.39 is 49.1 Å². The number of aryl methyl sites for hydroxylation is 1. The van der Waals surface area contributed by atoms with E-state index in [4.69, 9.17) is 42.5 Å². The molecule has 2 aromatic carbocycles. The van der Waals surface area contributed by atoms with E-state index in [1.165, 1.54) is 13.2 Å². The number of hydrogen-bond acceptors (Lipinski definition) is 8. The standard InChI is InChI=1S/C25H29Cl2NO9/c1-12-15(24(34)28-20-22(33)21(32)17(10-29)37-25(20)35-2)9-16(26)23(19(12)27)36-11-14-5-3-13(4-6-14)7-8-18(30)31/h3-6,9,17,20-22,25,29,32-33H,7-8,10-11H2,1-2H3,(H,28,34)(H,30,31)/t17-,20-,21-,22-,25+/m1/s1. The highest BCUT2D eigenvalue weighted by atomic mass is 35.5. The molecule has 3 rings (SSSR count). The fourth-order valence-electron chi connectivity index (χ4n) is 3.94. The van der Waals surface area contributed by atoms with Gasteiger partial charge in [-0.1, -0.05) is 47.5 Å². The molecule has 0 radical (unpaired) electrons. The number of ether oxygens (including phenoxy) is 3. The highest BCUT2D eigenvalue weighted by Gasteiger charge is 2.45. The maximum Gasteiger partial charge on any atom is 0.303 e. The van der Waals surface area contributed by atoms with Crippen LogP contribution in [0.2, 0.25) is 10.0 Å². The average molecular weight is 558 g/mol. The molecule has 10 nitrogen and oxygen atoms in total. The molecule has 1 saturated heterocycles. The minimum Gasteiger partial charge on any atom is -0.486 e. The number of carbonyl (C=O) groups excluding carboxylic acids is 1. The summed E-state index contributed by atoms with van der Waals surface area (Å²) in [5.41, 5.74) is 2.18. The SMILES string of the molecule is CO[C@H]1O[C@H](CO)[C@@H](O)[C@H](O)[C@H]1NC(=O)c1cc(Cl)c(OCc2ccc(CCC(=O)O)cc2)c(Cl)c1C.